The maximum atomic E-state index is 11.1. The fourth-order valence-electron chi connectivity index (χ4n) is 1.52. The zero-order valence-electron chi connectivity index (χ0n) is 9.50. The van der Waals surface area contributed by atoms with Crippen LogP contribution in [0.1, 0.15) is 24.1 Å². The van der Waals surface area contributed by atoms with Gasteiger partial charge in [0.2, 0.25) is 5.91 Å². The van der Waals surface area contributed by atoms with E-state index in [0.717, 1.165) is 0 Å². The first-order valence-electron chi connectivity index (χ1n) is 5.14. The van der Waals surface area contributed by atoms with Crippen molar-refractivity contribution < 1.29 is 4.79 Å². The van der Waals surface area contributed by atoms with E-state index < -0.39 is 0 Å². The van der Waals surface area contributed by atoms with Gasteiger partial charge >= 0.3 is 0 Å². The number of aryl methyl sites for hydroxylation is 1. The van der Waals surface area contributed by atoms with Crippen molar-refractivity contribution in [3.8, 4) is 0 Å². The molecule has 0 bridgehead atoms. The first kappa shape index (κ1) is 11.7. The van der Waals surface area contributed by atoms with Gasteiger partial charge in [-0.15, -0.1) is 0 Å². The third kappa shape index (κ3) is 3.36. The van der Waals surface area contributed by atoms with E-state index in [0.29, 0.717) is 6.54 Å². The molecule has 0 aliphatic rings. The highest BCUT2D eigenvalue weighted by atomic mass is 16.1. The molecule has 1 amide bonds. The smallest absolute Gasteiger partial charge is 0.233 e. The van der Waals surface area contributed by atoms with Gasteiger partial charge in [-0.25, -0.2) is 0 Å². The summed E-state index contributed by atoms with van der Waals surface area (Å²) in [4.78, 5) is 11.1. The standard InChI is InChI=1S/C12H18N2O/c1-9-6-4-5-7-11(9)10(2)14-8-12(15)13-3/h4-7,10,14H,8H2,1-3H3,(H,13,15). The topological polar surface area (TPSA) is 41.1 Å². The third-order valence-corrected chi connectivity index (χ3v) is 2.50. The van der Waals surface area contributed by atoms with Crippen LogP contribution in [0.5, 0.6) is 0 Å². The third-order valence-electron chi connectivity index (χ3n) is 2.50. The molecule has 1 aromatic carbocycles. The Kier molecular flexibility index (Phi) is 4.31. The summed E-state index contributed by atoms with van der Waals surface area (Å²) >= 11 is 0. The van der Waals surface area contributed by atoms with Gasteiger partial charge < -0.3 is 10.6 Å². The van der Waals surface area contributed by atoms with Crippen LogP contribution < -0.4 is 10.6 Å². The largest absolute Gasteiger partial charge is 0.358 e. The average molecular weight is 206 g/mol. The van der Waals surface area contributed by atoms with Gasteiger partial charge in [0.25, 0.3) is 0 Å². The van der Waals surface area contributed by atoms with E-state index in [2.05, 4.69) is 36.6 Å². The average Bonchev–Trinajstić information content (AvgIpc) is 2.26. The Hall–Kier alpha value is -1.35. The molecule has 0 saturated carbocycles. The van der Waals surface area contributed by atoms with Crippen molar-refractivity contribution in [2.75, 3.05) is 13.6 Å². The normalized spacial score (nSPS) is 12.2. The van der Waals surface area contributed by atoms with Crippen LogP contribution in [0, 0.1) is 6.92 Å². The maximum absolute atomic E-state index is 11.1. The van der Waals surface area contributed by atoms with E-state index in [9.17, 15) is 4.79 Å². The number of hydrogen-bond donors (Lipinski definition) is 2. The summed E-state index contributed by atoms with van der Waals surface area (Å²) in [5.74, 6) is 0.00966. The molecule has 3 nitrogen and oxygen atoms in total. The Balaban J connectivity index is 2.57. The summed E-state index contributed by atoms with van der Waals surface area (Å²) in [6.07, 6.45) is 0. The van der Waals surface area contributed by atoms with Crippen LogP contribution in [0.25, 0.3) is 0 Å². The second-order valence-corrected chi connectivity index (χ2v) is 3.63. The highest BCUT2D eigenvalue weighted by molar-refractivity contribution is 5.77. The second kappa shape index (κ2) is 5.51. The molecular weight excluding hydrogens is 188 g/mol. The first-order chi connectivity index (χ1) is 7.15. The van der Waals surface area contributed by atoms with Crippen molar-refractivity contribution in [2.24, 2.45) is 0 Å². The second-order valence-electron chi connectivity index (χ2n) is 3.63. The van der Waals surface area contributed by atoms with Crippen LogP contribution in [-0.2, 0) is 4.79 Å². The Bertz CT molecular complexity index is 336. The number of likely N-dealkylation sites (N-methyl/N-ethyl adjacent to an activating group) is 1. The van der Waals surface area contributed by atoms with Crippen molar-refractivity contribution in [2.45, 2.75) is 19.9 Å². The fraction of sp³-hybridized carbons (Fsp3) is 0.417. The van der Waals surface area contributed by atoms with Crippen LogP contribution in [0.2, 0.25) is 0 Å². The van der Waals surface area contributed by atoms with Gasteiger partial charge in [-0.1, -0.05) is 24.3 Å². The molecule has 15 heavy (non-hydrogen) atoms. The predicted molar refractivity (Wildman–Crippen MR) is 61.7 cm³/mol. The summed E-state index contributed by atoms with van der Waals surface area (Å²) < 4.78 is 0. The summed E-state index contributed by atoms with van der Waals surface area (Å²) in [6.45, 7) is 4.49. The van der Waals surface area contributed by atoms with Crippen LogP contribution in [-0.4, -0.2) is 19.5 Å². The highest BCUT2D eigenvalue weighted by Crippen LogP contribution is 2.15. The minimum Gasteiger partial charge on any atom is -0.358 e. The molecule has 1 unspecified atom stereocenters. The summed E-state index contributed by atoms with van der Waals surface area (Å²) in [5, 5.41) is 5.76. The number of carbonyl (C=O) groups is 1. The molecule has 0 heterocycles. The van der Waals surface area contributed by atoms with Crippen molar-refractivity contribution in [3.05, 3.63) is 35.4 Å². The first-order valence-corrected chi connectivity index (χ1v) is 5.14. The van der Waals surface area contributed by atoms with E-state index in [1.54, 1.807) is 7.05 Å². The quantitative estimate of drug-likeness (QED) is 0.781. The van der Waals surface area contributed by atoms with E-state index in [-0.39, 0.29) is 11.9 Å². The van der Waals surface area contributed by atoms with Crippen molar-refractivity contribution in [1.29, 1.82) is 0 Å². The number of nitrogens with one attached hydrogen (secondary N) is 2. The molecule has 1 atom stereocenters. The number of amides is 1. The molecule has 0 spiro atoms. The van der Waals surface area contributed by atoms with Gasteiger partial charge in [0.05, 0.1) is 6.54 Å². The lowest BCUT2D eigenvalue weighted by atomic mass is 10.0. The Morgan fingerprint density at radius 3 is 2.67 bits per heavy atom. The van der Waals surface area contributed by atoms with E-state index in [4.69, 9.17) is 0 Å². The SMILES string of the molecule is CNC(=O)CNC(C)c1ccccc1C. The van der Waals surface area contributed by atoms with Crippen LogP contribution in [0.4, 0.5) is 0 Å². The molecule has 0 radical (unpaired) electrons. The number of benzene rings is 1. The van der Waals surface area contributed by atoms with E-state index >= 15 is 0 Å². The van der Waals surface area contributed by atoms with Crippen LogP contribution in [0.3, 0.4) is 0 Å². The van der Waals surface area contributed by atoms with Crippen molar-refractivity contribution >= 4 is 5.91 Å². The van der Waals surface area contributed by atoms with Crippen molar-refractivity contribution in [1.82, 2.24) is 10.6 Å². The van der Waals surface area contributed by atoms with Gasteiger partial charge in [-0.3, -0.25) is 4.79 Å². The van der Waals surface area contributed by atoms with Gasteiger partial charge in [-0.2, -0.15) is 0 Å². The monoisotopic (exact) mass is 206 g/mol. The zero-order valence-corrected chi connectivity index (χ0v) is 9.50. The molecule has 1 aromatic rings. The molecule has 3 heteroatoms. The summed E-state index contributed by atoms with van der Waals surface area (Å²) in [7, 11) is 1.64. The maximum Gasteiger partial charge on any atom is 0.233 e. The highest BCUT2D eigenvalue weighted by Gasteiger charge is 2.08. The van der Waals surface area contributed by atoms with Gasteiger partial charge in [-0.05, 0) is 25.0 Å². The zero-order chi connectivity index (χ0) is 11.3. The lowest BCUT2D eigenvalue weighted by molar-refractivity contribution is -0.119. The molecule has 82 valence electrons. The minimum absolute atomic E-state index is 0.00966. The molecule has 0 aromatic heterocycles. The number of carbonyl (C=O) groups excluding carboxylic acids is 1. The Labute approximate surface area is 90.9 Å². The van der Waals surface area contributed by atoms with Crippen LogP contribution in [0.15, 0.2) is 24.3 Å². The van der Waals surface area contributed by atoms with E-state index in [1.807, 2.05) is 12.1 Å². The molecular formula is C12H18N2O. The number of hydrogen-bond acceptors (Lipinski definition) is 2. The number of rotatable bonds is 4. The summed E-state index contributed by atoms with van der Waals surface area (Å²) in [5.41, 5.74) is 2.48. The fourth-order valence-corrected chi connectivity index (χ4v) is 1.52. The van der Waals surface area contributed by atoms with E-state index in [1.165, 1.54) is 11.1 Å². The van der Waals surface area contributed by atoms with Crippen LogP contribution >= 0.6 is 0 Å². The molecule has 2 N–H and O–H groups in total. The minimum atomic E-state index is 0.00966. The molecule has 1 rings (SSSR count). The predicted octanol–water partition coefficient (Wildman–Crippen LogP) is 1.39. The summed E-state index contributed by atoms with van der Waals surface area (Å²) in [6, 6.07) is 8.39. The lowest BCUT2D eigenvalue weighted by Crippen LogP contribution is -2.33. The molecule has 0 saturated heterocycles. The van der Waals surface area contributed by atoms with Gasteiger partial charge in [0, 0.05) is 13.1 Å². The Morgan fingerprint density at radius 1 is 1.40 bits per heavy atom. The van der Waals surface area contributed by atoms with Crippen molar-refractivity contribution in [3.63, 3.8) is 0 Å². The van der Waals surface area contributed by atoms with Gasteiger partial charge in [0.1, 0.15) is 0 Å². The van der Waals surface area contributed by atoms with Gasteiger partial charge in [0.15, 0.2) is 0 Å². The molecule has 0 aliphatic carbocycles. The molecule has 0 aliphatic heterocycles. The Morgan fingerprint density at radius 2 is 2.07 bits per heavy atom. The molecule has 0 fully saturated rings. The lowest BCUT2D eigenvalue weighted by Gasteiger charge is -2.15.